The molecule has 2 rings (SSSR count). The Morgan fingerprint density at radius 3 is 2.77 bits per heavy atom. The van der Waals surface area contributed by atoms with E-state index in [1.807, 2.05) is 0 Å². The highest BCUT2D eigenvalue weighted by atomic mass is 127. The standard InChI is InChI=1S/C11H11IO/c1-7-4-8-2-3-10(13)5-9(8)6-11(7)12/h4,6H,2-3,5H2,1H3. The van der Waals surface area contributed by atoms with Crippen LogP contribution in [-0.2, 0) is 17.6 Å². The molecule has 68 valence electrons. The van der Waals surface area contributed by atoms with Crippen LogP contribution in [0, 0.1) is 10.5 Å². The predicted molar refractivity (Wildman–Crippen MR) is 60.9 cm³/mol. The van der Waals surface area contributed by atoms with E-state index < -0.39 is 0 Å². The second-order valence-corrected chi connectivity index (χ2v) is 4.75. The highest BCUT2D eigenvalue weighted by Gasteiger charge is 2.16. The van der Waals surface area contributed by atoms with Gasteiger partial charge in [-0.15, -0.1) is 0 Å². The van der Waals surface area contributed by atoms with Crippen LogP contribution in [0.3, 0.4) is 0 Å². The minimum Gasteiger partial charge on any atom is -0.299 e. The molecule has 0 saturated carbocycles. The molecule has 0 atom stereocenters. The van der Waals surface area contributed by atoms with E-state index in [-0.39, 0.29) is 0 Å². The molecule has 1 nitrogen and oxygen atoms in total. The fourth-order valence-corrected chi connectivity index (χ4v) is 2.29. The first-order valence-electron chi connectivity index (χ1n) is 4.46. The maximum Gasteiger partial charge on any atom is 0.137 e. The molecule has 1 aromatic carbocycles. The van der Waals surface area contributed by atoms with Crippen LogP contribution in [0.15, 0.2) is 12.1 Å². The number of carbonyl (C=O) groups is 1. The Bertz CT molecular complexity index is 369. The molecular formula is C11H11IO. The van der Waals surface area contributed by atoms with E-state index >= 15 is 0 Å². The Labute approximate surface area is 91.7 Å². The number of halogens is 1. The molecule has 0 radical (unpaired) electrons. The summed E-state index contributed by atoms with van der Waals surface area (Å²) in [6, 6.07) is 4.38. The Hall–Kier alpha value is -0.380. The van der Waals surface area contributed by atoms with Gasteiger partial charge in [-0.05, 0) is 58.7 Å². The molecule has 1 aliphatic rings. The zero-order valence-electron chi connectivity index (χ0n) is 7.56. The Kier molecular flexibility index (Phi) is 2.41. The normalized spacial score (nSPS) is 15.7. The first-order chi connectivity index (χ1) is 6.16. The van der Waals surface area contributed by atoms with Gasteiger partial charge >= 0.3 is 0 Å². The molecule has 0 saturated heterocycles. The number of hydrogen-bond acceptors (Lipinski definition) is 1. The molecule has 2 heteroatoms. The van der Waals surface area contributed by atoms with Gasteiger partial charge in [0.25, 0.3) is 0 Å². The van der Waals surface area contributed by atoms with Crippen molar-refractivity contribution in [2.75, 3.05) is 0 Å². The van der Waals surface area contributed by atoms with Crippen LogP contribution in [0.25, 0.3) is 0 Å². The van der Waals surface area contributed by atoms with Crippen LogP contribution in [-0.4, -0.2) is 5.78 Å². The third-order valence-corrected chi connectivity index (χ3v) is 3.70. The lowest BCUT2D eigenvalue weighted by Crippen LogP contribution is -2.13. The average Bonchev–Trinajstić information content (AvgIpc) is 2.08. The van der Waals surface area contributed by atoms with Crippen LogP contribution in [0.1, 0.15) is 23.1 Å². The number of ketones is 1. The van der Waals surface area contributed by atoms with Gasteiger partial charge in [0, 0.05) is 16.4 Å². The molecule has 0 aromatic heterocycles. The largest absolute Gasteiger partial charge is 0.299 e. The zero-order chi connectivity index (χ0) is 9.42. The molecule has 0 heterocycles. The highest BCUT2D eigenvalue weighted by Crippen LogP contribution is 2.23. The van der Waals surface area contributed by atoms with Gasteiger partial charge in [-0.1, -0.05) is 6.07 Å². The summed E-state index contributed by atoms with van der Waals surface area (Å²) >= 11 is 2.33. The van der Waals surface area contributed by atoms with E-state index in [0.717, 1.165) is 12.8 Å². The topological polar surface area (TPSA) is 17.1 Å². The van der Waals surface area contributed by atoms with Crippen molar-refractivity contribution in [1.29, 1.82) is 0 Å². The number of rotatable bonds is 0. The van der Waals surface area contributed by atoms with Gasteiger partial charge in [-0.2, -0.15) is 0 Å². The molecule has 0 N–H and O–H groups in total. The summed E-state index contributed by atoms with van der Waals surface area (Å²) in [4.78, 5) is 11.2. The van der Waals surface area contributed by atoms with Gasteiger partial charge in [0.05, 0.1) is 0 Å². The lowest BCUT2D eigenvalue weighted by Gasteiger charge is -2.16. The Balaban J connectivity index is 2.49. The van der Waals surface area contributed by atoms with Crippen molar-refractivity contribution in [2.24, 2.45) is 0 Å². The van der Waals surface area contributed by atoms with Crippen molar-refractivity contribution < 1.29 is 4.79 Å². The monoisotopic (exact) mass is 286 g/mol. The maximum atomic E-state index is 11.2. The third-order valence-electron chi connectivity index (χ3n) is 2.54. The predicted octanol–water partition coefficient (Wildman–Crippen LogP) is 2.66. The average molecular weight is 286 g/mol. The molecule has 0 bridgehead atoms. The van der Waals surface area contributed by atoms with Crippen molar-refractivity contribution in [2.45, 2.75) is 26.2 Å². The van der Waals surface area contributed by atoms with E-state index in [4.69, 9.17) is 0 Å². The van der Waals surface area contributed by atoms with Crippen molar-refractivity contribution in [1.82, 2.24) is 0 Å². The first-order valence-corrected chi connectivity index (χ1v) is 5.54. The second-order valence-electron chi connectivity index (χ2n) is 3.59. The number of fused-ring (bicyclic) bond motifs is 1. The summed E-state index contributed by atoms with van der Waals surface area (Å²) in [6.07, 6.45) is 2.31. The minimum absolute atomic E-state index is 0.382. The number of carbonyl (C=O) groups excluding carboxylic acids is 1. The van der Waals surface area contributed by atoms with Crippen LogP contribution in [0.2, 0.25) is 0 Å². The van der Waals surface area contributed by atoms with Gasteiger partial charge in [-0.25, -0.2) is 0 Å². The fourth-order valence-electron chi connectivity index (χ4n) is 1.75. The van der Waals surface area contributed by atoms with Crippen LogP contribution in [0.4, 0.5) is 0 Å². The third kappa shape index (κ3) is 1.77. The lowest BCUT2D eigenvalue weighted by atomic mass is 9.90. The first kappa shape index (κ1) is 9.19. The summed E-state index contributed by atoms with van der Waals surface area (Å²) in [5.41, 5.74) is 3.94. The van der Waals surface area contributed by atoms with Crippen LogP contribution < -0.4 is 0 Å². The van der Waals surface area contributed by atoms with Crippen molar-refractivity contribution in [3.8, 4) is 0 Å². The van der Waals surface area contributed by atoms with Crippen LogP contribution >= 0.6 is 22.6 Å². The Morgan fingerprint density at radius 2 is 2.00 bits per heavy atom. The maximum absolute atomic E-state index is 11.2. The number of hydrogen-bond donors (Lipinski definition) is 0. The van der Waals surface area contributed by atoms with Crippen molar-refractivity contribution >= 4 is 28.4 Å². The lowest BCUT2D eigenvalue weighted by molar-refractivity contribution is -0.118. The molecule has 0 fully saturated rings. The summed E-state index contributed by atoms with van der Waals surface area (Å²) in [5, 5.41) is 0. The van der Waals surface area contributed by atoms with Crippen molar-refractivity contribution in [3.63, 3.8) is 0 Å². The summed E-state index contributed by atoms with van der Waals surface area (Å²) in [5.74, 6) is 0.382. The number of benzene rings is 1. The highest BCUT2D eigenvalue weighted by molar-refractivity contribution is 14.1. The van der Waals surface area contributed by atoms with E-state index in [2.05, 4.69) is 41.6 Å². The second kappa shape index (κ2) is 3.40. The molecule has 0 spiro atoms. The smallest absolute Gasteiger partial charge is 0.137 e. The van der Waals surface area contributed by atoms with E-state index in [1.165, 1.54) is 20.3 Å². The van der Waals surface area contributed by atoms with Crippen molar-refractivity contribution in [3.05, 3.63) is 32.4 Å². The van der Waals surface area contributed by atoms with Crippen LogP contribution in [0.5, 0.6) is 0 Å². The van der Waals surface area contributed by atoms with E-state index in [9.17, 15) is 4.79 Å². The molecular weight excluding hydrogens is 275 g/mol. The van der Waals surface area contributed by atoms with Gasteiger partial charge < -0.3 is 0 Å². The Morgan fingerprint density at radius 1 is 1.23 bits per heavy atom. The van der Waals surface area contributed by atoms with Gasteiger partial charge in [-0.3, -0.25) is 4.79 Å². The molecule has 1 aliphatic carbocycles. The minimum atomic E-state index is 0.382. The van der Waals surface area contributed by atoms with E-state index in [0.29, 0.717) is 12.2 Å². The summed E-state index contributed by atoms with van der Waals surface area (Å²) in [7, 11) is 0. The number of aryl methyl sites for hydroxylation is 2. The van der Waals surface area contributed by atoms with Gasteiger partial charge in [0.2, 0.25) is 0 Å². The van der Waals surface area contributed by atoms with E-state index in [1.54, 1.807) is 0 Å². The SMILES string of the molecule is Cc1cc2c(cc1I)CC(=O)CC2. The van der Waals surface area contributed by atoms with Gasteiger partial charge in [0.15, 0.2) is 0 Å². The molecule has 0 amide bonds. The molecule has 13 heavy (non-hydrogen) atoms. The molecule has 0 aliphatic heterocycles. The zero-order valence-corrected chi connectivity index (χ0v) is 9.72. The fraction of sp³-hybridized carbons (Fsp3) is 0.364. The van der Waals surface area contributed by atoms with Gasteiger partial charge in [0.1, 0.15) is 5.78 Å². The molecule has 0 unspecified atom stereocenters. The quantitative estimate of drug-likeness (QED) is 0.670. The number of Topliss-reactive ketones (excluding diaryl/α,β-unsaturated/α-hetero) is 1. The molecule has 1 aromatic rings. The summed E-state index contributed by atoms with van der Waals surface area (Å²) in [6.45, 7) is 2.12. The summed E-state index contributed by atoms with van der Waals surface area (Å²) < 4.78 is 1.27.